The van der Waals surface area contributed by atoms with E-state index in [1.54, 1.807) is 34.3 Å². The molecule has 0 spiro atoms. The molecule has 0 amide bonds. The summed E-state index contributed by atoms with van der Waals surface area (Å²) in [6.45, 7) is 4.72. The molecule has 4 heterocycles. The Morgan fingerprint density at radius 3 is 2.68 bits per heavy atom. The summed E-state index contributed by atoms with van der Waals surface area (Å²) in [5.41, 5.74) is 2.68. The second kappa shape index (κ2) is 6.45. The molecule has 0 unspecified atom stereocenters. The Bertz CT molecular complexity index is 1340. The van der Waals surface area contributed by atoms with E-state index in [0.717, 1.165) is 22.2 Å². The van der Waals surface area contributed by atoms with Gasteiger partial charge in [0.05, 0.1) is 18.2 Å². The highest BCUT2D eigenvalue weighted by Gasteiger charge is 2.22. The molecule has 0 N–H and O–H groups in total. The molecule has 5 rings (SSSR count). The summed E-state index contributed by atoms with van der Waals surface area (Å²) in [7, 11) is 0. The third-order valence-electron chi connectivity index (χ3n) is 4.96. The van der Waals surface area contributed by atoms with Crippen molar-refractivity contribution in [2.24, 2.45) is 0 Å². The molecule has 0 aliphatic heterocycles. The number of hydrogen-bond acceptors (Lipinski definition) is 5. The molecule has 6 nitrogen and oxygen atoms in total. The minimum absolute atomic E-state index is 0.194. The van der Waals surface area contributed by atoms with Crippen molar-refractivity contribution in [3.05, 3.63) is 75.2 Å². The van der Waals surface area contributed by atoms with Crippen molar-refractivity contribution in [3.8, 4) is 11.6 Å². The fourth-order valence-corrected chi connectivity index (χ4v) is 4.86. The lowest BCUT2D eigenvalue weighted by molar-refractivity contribution is 0.576. The SMILES string of the molecule is CCc1c(C)sc2c1c1nc(-c3ccco3)nn1c(=O)n2Cc1ccccc1. The summed E-state index contributed by atoms with van der Waals surface area (Å²) >= 11 is 1.64. The van der Waals surface area contributed by atoms with E-state index in [1.165, 1.54) is 15.0 Å². The van der Waals surface area contributed by atoms with E-state index in [-0.39, 0.29) is 5.69 Å². The van der Waals surface area contributed by atoms with E-state index in [0.29, 0.717) is 23.8 Å². The van der Waals surface area contributed by atoms with Crippen LogP contribution >= 0.6 is 11.3 Å². The molecule has 28 heavy (non-hydrogen) atoms. The maximum atomic E-state index is 13.3. The van der Waals surface area contributed by atoms with E-state index >= 15 is 0 Å². The van der Waals surface area contributed by atoms with E-state index in [1.807, 2.05) is 30.3 Å². The maximum absolute atomic E-state index is 13.3. The van der Waals surface area contributed by atoms with Gasteiger partial charge >= 0.3 is 5.69 Å². The van der Waals surface area contributed by atoms with Gasteiger partial charge < -0.3 is 4.42 Å². The third kappa shape index (κ3) is 2.51. The average Bonchev–Trinajstić information content (AvgIpc) is 3.43. The largest absolute Gasteiger partial charge is 0.461 e. The molecule has 0 fully saturated rings. The van der Waals surface area contributed by atoms with Crippen LogP contribution in [0.15, 0.2) is 57.9 Å². The van der Waals surface area contributed by atoms with E-state index < -0.39 is 0 Å². The molecule has 1 aromatic carbocycles. The van der Waals surface area contributed by atoms with Crippen LogP contribution in [0.1, 0.15) is 22.9 Å². The van der Waals surface area contributed by atoms with Crippen LogP contribution in [-0.4, -0.2) is 19.2 Å². The Morgan fingerprint density at radius 1 is 1.14 bits per heavy atom. The van der Waals surface area contributed by atoms with Crippen molar-refractivity contribution in [2.45, 2.75) is 26.8 Å². The van der Waals surface area contributed by atoms with Gasteiger partial charge in [0.1, 0.15) is 4.83 Å². The molecule has 140 valence electrons. The van der Waals surface area contributed by atoms with Crippen molar-refractivity contribution in [2.75, 3.05) is 0 Å². The first kappa shape index (κ1) is 16.9. The van der Waals surface area contributed by atoms with Gasteiger partial charge in [0.2, 0.25) is 5.82 Å². The molecule has 0 radical (unpaired) electrons. The number of aryl methyl sites for hydroxylation is 2. The highest BCUT2D eigenvalue weighted by Crippen LogP contribution is 2.33. The van der Waals surface area contributed by atoms with Gasteiger partial charge in [-0.1, -0.05) is 37.3 Å². The molecule has 0 aliphatic carbocycles. The summed E-state index contributed by atoms with van der Waals surface area (Å²) in [6, 6.07) is 13.6. The zero-order valence-corrected chi connectivity index (χ0v) is 16.4. The first-order chi connectivity index (χ1) is 13.7. The lowest BCUT2D eigenvalue weighted by Gasteiger charge is -2.09. The van der Waals surface area contributed by atoms with Gasteiger partial charge in [-0.2, -0.15) is 4.52 Å². The van der Waals surface area contributed by atoms with Crippen LogP contribution < -0.4 is 5.69 Å². The summed E-state index contributed by atoms with van der Waals surface area (Å²) in [6.07, 6.45) is 2.45. The maximum Gasteiger partial charge on any atom is 0.352 e. The van der Waals surface area contributed by atoms with E-state index in [4.69, 9.17) is 4.42 Å². The summed E-state index contributed by atoms with van der Waals surface area (Å²) < 4.78 is 8.66. The molecular formula is C21H18N4O2S. The number of nitrogens with zero attached hydrogens (tertiary/aromatic N) is 4. The molecule has 0 bridgehead atoms. The highest BCUT2D eigenvalue weighted by atomic mass is 32.1. The lowest BCUT2D eigenvalue weighted by Crippen LogP contribution is -2.28. The zero-order valence-electron chi connectivity index (χ0n) is 15.5. The monoisotopic (exact) mass is 390 g/mol. The van der Waals surface area contributed by atoms with Gasteiger partial charge in [-0.3, -0.25) is 4.57 Å². The van der Waals surface area contributed by atoms with E-state index in [2.05, 4.69) is 23.9 Å². The Balaban J connectivity index is 1.86. The number of aromatic nitrogens is 4. The molecular weight excluding hydrogens is 372 g/mol. The van der Waals surface area contributed by atoms with Crippen LogP contribution in [0.2, 0.25) is 0 Å². The number of benzene rings is 1. The minimum Gasteiger partial charge on any atom is -0.461 e. The second-order valence-corrected chi connectivity index (χ2v) is 7.88. The molecule has 0 atom stereocenters. The van der Waals surface area contributed by atoms with Crippen LogP contribution in [0.4, 0.5) is 0 Å². The van der Waals surface area contributed by atoms with Crippen molar-refractivity contribution in [3.63, 3.8) is 0 Å². The standard InChI is InChI=1S/C21H18N4O2S/c1-3-15-13(2)28-20-17(15)19-22-18(16-10-7-11-27-16)23-25(19)21(26)24(20)12-14-8-5-4-6-9-14/h4-11H,3,12H2,1-2H3. The number of fused-ring (bicyclic) bond motifs is 3. The number of furan rings is 1. The fraction of sp³-hybridized carbons (Fsp3) is 0.190. The first-order valence-electron chi connectivity index (χ1n) is 9.16. The third-order valence-corrected chi connectivity index (χ3v) is 6.13. The van der Waals surface area contributed by atoms with Gasteiger partial charge in [0, 0.05) is 4.88 Å². The zero-order chi connectivity index (χ0) is 19.3. The quantitative estimate of drug-likeness (QED) is 0.459. The summed E-state index contributed by atoms with van der Waals surface area (Å²) in [4.78, 5) is 20.1. The molecule has 7 heteroatoms. The Morgan fingerprint density at radius 2 is 1.96 bits per heavy atom. The van der Waals surface area contributed by atoms with Gasteiger partial charge in [-0.25, -0.2) is 9.78 Å². The lowest BCUT2D eigenvalue weighted by atomic mass is 10.1. The molecule has 0 aliphatic rings. The number of rotatable bonds is 4. The molecule has 0 saturated carbocycles. The Labute approximate surface area is 164 Å². The number of thiophene rings is 1. The Hall–Kier alpha value is -3.19. The van der Waals surface area contributed by atoms with Crippen molar-refractivity contribution < 1.29 is 4.42 Å². The van der Waals surface area contributed by atoms with Gasteiger partial charge in [0.25, 0.3) is 0 Å². The van der Waals surface area contributed by atoms with Crippen molar-refractivity contribution in [1.29, 1.82) is 0 Å². The predicted molar refractivity (Wildman–Crippen MR) is 110 cm³/mol. The second-order valence-electron chi connectivity index (χ2n) is 6.67. The van der Waals surface area contributed by atoms with Crippen LogP contribution in [-0.2, 0) is 13.0 Å². The minimum atomic E-state index is -0.194. The van der Waals surface area contributed by atoms with E-state index in [9.17, 15) is 4.79 Å². The Kier molecular flexibility index (Phi) is 3.91. The van der Waals surface area contributed by atoms with Crippen LogP contribution in [0.3, 0.4) is 0 Å². The number of hydrogen-bond donors (Lipinski definition) is 0. The van der Waals surface area contributed by atoms with Gasteiger partial charge in [-0.05, 0) is 36.6 Å². The normalized spacial score (nSPS) is 11.6. The van der Waals surface area contributed by atoms with Gasteiger partial charge in [0.15, 0.2) is 11.4 Å². The van der Waals surface area contributed by atoms with Crippen LogP contribution in [0.5, 0.6) is 0 Å². The first-order valence-corrected chi connectivity index (χ1v) is 9.98. The topological polar surface area (TPSA) is 65.3 Å². The molecule has 0 saturated heterocycles. The van der Waals surface area contributed by atoms with Crippen LogP contribution in [0, 0.1) is 6.92 Å². The van der Waals surface area contributed by atoms with Crippen molar-refractivity contribution in [1.82, 2.24) is 19.2 Å². The van der Waals surface area contributed by atoms with Gasteiger partial charge in [-0.15, -0.1) is 16.4 Å². The molecule has 5 aromatic rings. The predicted octanol–water partition coefficient (Wildman–Crippen LogP) is 4.28. The van der Waals surface area contributed by atoms with Crippen LogP contribution in [0.25, 0.3) is 27.4 Å². The van der Waals surface area contributed by atoms with Crippen molar-refractivity contribution >= 4 is 27.2 Å². The average molecular weight is 390 g/mol. The summed E-state index contributed by atoms with van der Waals surface area (Å²) in [5, 5.41) is 5.48. The molecule has 4 aromatic heterocycles. The summed E-state index contributed by atoms with van der Waals surface area (Å²) in [5.74, 6) is 0.975. The smallest absolute Gasteiger partial charge is 0.352 e. The fourth-order valence-electron chi connectivity index (χ4n) is 3.63. The highest BCUT2D eigenvalue weighted by molar-refractivity contribution is 7.19.